The first-order valence-electron chi connectivity index (χ1n) is 7.53. The molecule has 2 aromatic rings. The molecule has 0 spiro atoms. The van der Waals surface area contributed by atoms with Gasteiger partial charge in [0.15, 0.2) is 5.75 Å². The summed E-state index contributed by atoms with van der Waals surface area (Å²) in [6.45, 7) is 0. The standard InChI is InChI=1S/C17H9Cl2N3O6/c18-9-2-3-12(11(19)7-9)21-16(25)10(15(24)20-17(21)26)5-8-1-4-14(23)13(6-8)22(27)28/h1-7,23H,(H,20,24,26)/b10-5-. The number of hydrogen-bond acceptors (Lipinski definition) is 6. The van der Waals surface area contributed by atoms with Crippen LogP contribution in [0.5, 0.6) is 5.75 Å². The Bertz CT molecular complexity index is 1080. The van der Waals surface area contributed by atoms with Crippen LogP contribution in [0.3, 0.4) is 0 Å². The maximum absolute atomic E-state index is 12.8. The van der Waals surface area contributed by atoms with E-state index in [1.54, 1.807) is 0 Å². The fourth-order valence-corrected chi connectivity index (χ4v) is 2.98. The third-order valence-corrected chi connectivity index (χ3v) is 4.30. The summed E-state index contributed by atoms with van der Waals surface area (Å²) < 4.78 is 0. The van der Waals surface area contributed by atoms with Crippen LogP contribution in [-0.2, 0) is 9.59 Å². The lowest BCUT2D eigenvalue weighted by Gasteiger charge is -2.27. The average molecular weight is 422 g/mol. The highest BCUT2D eigenvalue weighted by Crippen LogP contribution is 2.32. The second-order valence-corrected chi connectivity index (χ2v) is 6.40. The molecule has 2 aromatic carbocycles. The molecule has 1 aliphatic rings. The topological polar surface area (TPSA) is 130 Å². The Hall–Kier alpha value is -3.43. The van der Waals surface area contributed by atoms with E-state index in [9.17, 15) is 29.6 Å². The molecule has 0 saturated carbocycles. The van der Waals surface area contributed by atoms with Crippen molar-refractivity contribution in [1.82, 2.24) is 5.32 Å². The van der Waals surface area contributed by atoms with Gasteiger partial charge >= 0.3 is 11.7 Å². The van der Waals surface area contributed by atoms with E-state index >= 15 is 0 Å². The summed E-state index contributed by atoms with van der Waals surface area (Å²) in [5.41, 5.74) is -0.958. The highest BCUT2D eigenvalue weighted by atomic mass is 35.5. The lowest BCUT2D eigenvalue weighted by Crippen LogP contribution is -2.54. The molecular formula is C17H9Cl2N3O6. The Balaban J connectivity index is 2.06. The van der Waals surface area contributed by atoms with E-state index in [1.165, 1.54) is 24.3 Å². The zero-order valence-electron chi connectivity index (χ0n) is 13.7. The number of nitro groups is 1. The van der Waals surface area contributed by atoms with Crippen molar-refractivity contribution in [3.8, 4) is 5.75 Å². The van der Waals surface area contributed by atoms with Gasteiger partial charge in [-0.3, -0.25) is 25.0 Å². The molecule has 1 saturated heterocycles. The molecule has 1 aliphatic heterocycles. The smallest absolute Gasteiger partial charge is 0.335 e. The van der Waals surface area contributed by atoms with Crippen molar-refractivity contribution in [1.29, 1.82) is 0 Å². The van der Waals surface area contributed by atoms with Crippen LogP contribution < -0.4 is 10.2 Å². The summed E-state index contributed by atoms with van der Waals surface area (Å²) >= 11 is 11.9. The van der Waals surface area contributed by atoms with E-state index in [4.69, 9.17) is 23.2 Å². The van der Waals surface area contributed by atoms with E-state index in [0.717, 1.165) is 18.2 Å². The summed E-state index contributed by atoms with van der Waals surface area (Å²) in [6, 6.07) is 6.36. The zero-order chi connectivity index (χ0) is 20.6. The molecule has 0 bridgehead atoms. The molecule has 11 heteroatoms. The number of urea groups is 1. The molecule has 4 amide bonds. The van der Waals surface area contributed by atoms with Gasteiger partial charge in [0, 0.05) is 11.1 Å². The van der Waals surface area contributed by atoms with E-state index in [2.05, 4.69) is 0 Å². The summed E-state index contributed by atoms with van der Waals surface area (Å²) in [5.74, 6) is -2.53. The fourth-order valence-electron chi connectivity index (χ4n) is 2.48. The molecule has 0 atom stereocenters. The highest BCUT2D eigenvalue weighted by Gasteiger charge is 2.37. The second kappa shape index (κ2) is 7.29. The number of phenols is 1. The molecule has 28 heavy (non-hydrogen) atoms. The summed E-state index contributed by atoms with van der Waals surface area (Å²) in [4.78, 5) is 47.9. The number of nitro benzene ring substituents is 1. The molecule has 0 aromatic heterocycles. The normalized spacial score (nSPS) is 15.7. The largest absolute Gasteiger partial charge is 0.502 e. The number of aromatic hydroxyl groups is 1. The molecule has 2 N–H and O–H groups in total. The maximum atomic E-state index is 12.8. The predicted molar refractivity (Wildman–Crippen MR) is 100 cm³/mol. The Morgan fingerprint density at radius 2 is 1.82 bits per heavy atom. The van der Waals surface area contributed by atoms with E-state index in [-0.39, 0.29) is 21.3 Å². The van der Waals surface area contributed by atoms with Crippen LogP contribution in [-0.4, -0.2) is 27.9 Å². The number of carbonyl (C=O) groups excluding carboxylic acids is 3. The number of anilines is 1. The lowest BCUT2D eigenvalue weighted by molar-refractivity contribution is -0.385. The Morgan fingerprint density at radius 1 is 1.11 bits per heavy atom. The molecule has 0 radical (unpaired) electrons. The molecule has 3 rings (SSSR count). The van der Waals surface area contributed by atoms with E-state index in [1.807, 2.05) is 5.32 Å². The number of phenolic OH excluding ortho intramolecular Hbond substituents is 1. The SMILES string of the molecule is O=C1NC(=O)N(c2ccc(Cl)cc2Cl)C(=O)/C1=C\c1ccc(O)c([N+](=O)[O-])c1. The first kappa shape index (κ1) is 19.3. The monoisotopic (exact) mass is 421 g/mol. The molecular weight excluding hydrogens is 413 g/mol. The first-order valence-corrected chi connectivity index (χ1v) is 8.28. The number of benzene rings is 2. The van der Waals surface area contributed by atoms with Crippen LogP contribution in [0.2, 0.25) is 10.0 Å². The van der Waals surface area contributed by atoms with Gasteiger partial charge in [0.25, 0.3) is 11.8 Å². The van der Waals surface area contributed by atoms with Gasteiger partial charge in [-0.2, -0.15) is 0 Å². The van der Waals surface area contributed by atoms with Crippen LogP contribution in [0.25, 0.3) is 6.08 Å². The minimum absolute atomic E-state index is 0.00338. The number of halogens is 2. The van der Waals surface area contributed by atoms with Crippen molar-refractivity contribution in [2.24, 2.45) is 0 Å². The number of nitrogens with zero attached hydrogens (tertiary/aromatic N) is 2. The van der Waals surface area contributed by atoms with Crippen LogP contribution in [0.4, 0.5) is 16.2 Å². The van der Waals surface area contributed by atoms with E-state index < -0.39 is 39.8 Å². The number of barbiturate groups is 1. The Kier molecular flexibility index (Phi) is 5.04. The van der Waals surface area contributed by atoms with Gasteiger partial charge in [0.05, 0.1) is 15.6 Å². The predicted octanol–water partition coefficient (Wildman–Crippen LogP) is 3.27. The molecule has 0 unspecified atom stereocenters. The van der Waals surface area contributed by atoms with Crippen LogP contribution in [0.1, 0.15) is 5.56 Å². The van der Waals surface area contributed by atoms with Gasteiger partial charge in [0.2, 0.25) is 0 Å². The van der Waals surface area contributed by atoms with Crippen LogP contribution >= 0.6 is 23.2 Å². The Labute approximate surface area is 166 Å². The number of amides is 4. The Morgan fingerprint density at radius 3 is 2.46 bits per heavy atom. The van der Waals surface area contributed by atoms with Crippen molar-refractivity contribution in [3.63, 3.8) is 0 Å². The number of rotatable bonds is 3. The van der Waals surface area contributed by atoms with E-state index in [0.29, 0.717) is 4.90 Å². The third kappa shape index (κ3) is 3.53. The quantitative estimate of drug-likeness (QED) is 0.338. The van der Waals surface area contributed by atoms with Crippen molar-refractivity contribution in [2.75, 3.05) is 4.90 Å². The molecule has 1 heterocycles. The summed E-state index contributed by atoms with van der Waals surface area (Å²) in [5, 5.41) is 22.7. The van der Waals surface area contributed by atoms with Gasteiger partial charge in [0.1, 0.15) is 5.57 Å². The summed E-state index contributed by atoms with van der Waals surface area (Å²) in [7, 11) is 0. The molecule has 142 valence electrons. The van der Waals surface area contributed by atoms with Gasteiger partial charge in [-0.15, -0.1) is 0 Å². The number of imide groups is 2. The summed E-state index contributed by atoms with van der Waals surface area (Å²) in [6.07, 6.45) is 1.06. The first-order chi connectivity index (χ1) is 13.2. The van der Waals surface area contributed by atoms with Crippen molar-refractivity contribution >= 4 is 58.5 Å². The minimum Gasteiger partial charge on any atom is -0.502 e. The third-order valence-electron chi connectivity index (χ3n) is 3.76. The molecule has 1 fully saturated rings. The fraction of sp³-hybridized carbons (Fsp3) is 0. The number of nitrogens with one attached hydrogen (secondary N) is 1. The lowest BCUT2D eigenvalue weighted by atomic mass is 10.1. The van der Waals surface area contributed by atoms with Crippen LogP contribution in [0, 0.1) is 10.1 Å². The van der Waals surface area contributed by atoms with Gasteiger partial charge in [-0.25, -0.2) is 9.69 Å². The maximum Gasteiger partial charge on any atom is 0.335 e. The van der Waals surface area contributed by atoms with Crippen molar-refractivity contribution < 1.29 is 24.4 Å². The zero-order valence-corrected chi connectivity index (χ0v) is 15.2. The van der Waals surface area contributed by atoms with Crippen molar-refractivity contribution in [2.45, 2.75) is 0 Å². The van der Waals surface area contributed by atoms with Gasteiger partial charge < -0.3 is 5.11 Å². The number of hydrogen-bond donors (Lipinski definition) is 2. The van der Waals surface area contributed by atoms with Crippen molar-refractivity contribution in [3.05, 3.63) is 67.7 Å². The number of carbonyl (C=O) groups is 3. The average Bonchev–Trinajstić information content (AvgIpc) is 2.61. The van der Waals surface area contributed by atoms with Crippen LogP contribution in [0.15, 0.2) is 42.0 Å². The minimum atomic E-state index is -1.01. The van der Waals surface area contributed by atoms with Gasteiger partial charge in [-0.05, 0) is 35.9 Å². The highest BCUT2D eigenvalue weighted by molar-refractivity contribution is 6.42. The second-order valence-electron chi connectivity index (χ2n) is 5.56. The van der Waals surface area contributed by atoms with Gasteiger partial charge in [-0.1, -0.05) is 29.3 Å². The molecule has 0 aliphatic carbocycles. The molecule has 9 nitrogen and oxygen atoms in total.